The van der Waals surface area contributed by atoms with Crippen molar-refractivity contribution in [3.8, 4) is 16.9 Å². The van der Waals surface area contributed by atoms with Crippen molar-refractivity contribution >= 4 is 23.6 Å². The topological polar surface area (TPSA) is 63.3 Å². The van der Waals surface area contributed by atoms with E-state index in [1.807, 2.05) is 24.3 Å². The molecule has 3 N–H and O–H groups in total. The van der Waals surface area contributed by atoms with Crippen LogP contribution in [0.4, 0.5) is 0 Å². The highest BCUT2D eigenvalue weighted by Gasteiger charge is 2.02. The van der Waals surface area contributed by atoms with Gasteiger partial charge < -0.3 is 10.8 Å². The quantitative estimate of drug-likeness (QED) is 0.844. The Morgan fingerprint density at radius 1 is 1.11 bits per heavy atom. The van der Waals surface area contributed by atoms with Crippen molar-refractivity contribution in [2.75, 3.05) is 0 Å². The molecule has 0 bridgehead atoms. The Balaban J connectivity index is 2.27. The molecule has 2 aromatic carbocycles. The number of nitrogens with two attached hydrogens (primary N) is 1. The van der Waals surface area contributed by atoms with E-state index in [0.29, 0.717) is 5.02 Å². The number of benzene rings is 2. The smallest absolute Gasteiger partial charge is 0.241 e. The molecule has 0 saturated heterocycles. The number of rotatable bonds is 3. The fraction of sp³-hybridized carbons (Fsp3) is 0. The second kappa shape index (κ2) is 5.59. The van der Waals surface area contributed by atoms with Crippen molar-refractivity contribution in [2.45, 2.75) is 0 Å². The molecule has 3 nitrogen and oxygen atoms in total. The van der Waals surface area contributed by atoms with Crippen LogP contribution in [0.3, 0.4) is 0 Å². The van der Waals surface area contributed by atoms with E-state index in [2.05, 4.69) is 0 Å². The van der Waals surface area contributed by atoms with Gasteiger partial charge in [-0.05, 0) is 34.9 Å². The maximum absolute atomic E-state index is 10.6. The fourth-order valence-electron chi connectivity index (χ4n) is 1.65. The molecule has 1 amide bonds. The first-order valence-electron chi connectivity index (χ1n) is 5.63. The van der Waals surface area contributed by atoms with Gasteiger partial charge in [0.15, 0.2) is 0 Å². The monoisotopic (exact) mass is 273 g/mol. The second-order valence-corrected chi connectivity index (χ2v) is 4.43. The molecule has 0 spiro atoms. The lowest BCUT2D eigenvalue weighted by atomic mass is 10.0. The molecule has 0 aliphatic heterocycles. The highest BCUT2D eigenvalue weighted by Crippen LogP contribution is 2.29. The maximum Gasteiger partial charge on any atom is 0.241 e. The van der Waals surface area contributed by atoms with Gasteiger partial charge in [0.2, 0.25) is 5.91 Å². The highest BCUT2D eigenvalue weighted by molar-refractivity contribution is 6.32. The largest absolute Gasteiger partial charge is 0.506 e. The molecule has 0 aromatic heterocycles. The number of aromatic hydroxyl groups is 1. The molecule has 0 aliphatic carbocycles. The van der Waals surface area contributed by atoms with E-state index in [-0.39, 0.29) is 5.75 Å². The first kappa shape index (κ1) is 13.2. The van der Waals surface area contributed by atoms with E-state index in [9.17, 15) is 9.90 Å². The number of amides is 1. The standard InChI is InChI=1S/C15H12ClNO2/c16-13-9-12(6-7-14(13)18)11-4-1-10(2-5-11)3-8-15(17)19/h1-9,18H,(H2,17,19)/b8-3+. The third-order valence-electron chi connectivity index (χ3n) is 2.63. The minimum absolute atomic E-state index is 0.0615. The van der Waals surface area contributed by atoms with Crippen LogP contribution in [0.5, 0.6) is 5.75 Å². The summed E-state index contributed by atoms with van der Waals surface area (Å²) < 4.78 is 0. The van der Waals surface area contributed by atoms with Gasteiger partial charge in [0.1, 0.15) is 5.75 Å². The Hall–Kier alpha value is -2.26. The summed E-state index contributed by atoms with van der Waals surface area (Å²) in [5.41, 5.74) is 7.79. The van der Waals surface area contributed by atoms with Crippen LogP contribution in [0, 0.1) is 0 Å². The van der Waals surface area contributed by atoms with E-state index < -0.39 is 5.91 Å². The van der Waals surface area contributed by atoms with Crippen LogP contribution < -0.4 is 5.73 Å². The summed E-state index contributed by atoms with van der Waals surface area (Å²) in [4.78, 5) is 10.6. The number of phenolic OH excluding ortho intramolecular Hbond substituents is 1. The molecule has 0 radical (unpaired) electrons. The Kier molecular flexibility index (Phi) is 3.88. The molecule has 0 fully saturated rings. The summed E-state index contributed by atoms with van der Waals surface area (Å²) in [6.45, 7) is 0. The molecule has 0 atom stereocenters. The zero-order valence-electron chi connectivity index (χ0n) is 10.0. The molecule has 96 valence electrons. The third-order valence-corrected chi connectivity index (χ3v) is 2.93. The predicted molar refractivity (Wildman–Crippen MR) is 76.8 cm³/mol. The van der Waals surface area contributed by atoms with E-state index in [1.165, 1.54) is 6.08 Å². The maximum atomic E-state index is 10.6. The number of hydrogen-bond acceptors (Lipinski definition) is 2. The van der Waals surface area contributed by atoms with Crippen molar-refractivity contribution in [3.63, 3.8) is 0 Å². The average molecular weight is 274 g/mol. The van der Waals surface area contributed by atoms with Crippen molar-refractivity contribution < 1.29 is 9.90 Å². The van der Waals surface area contributed by atoms with Gasteiger partial charge in [-0.3, -0.25) is 4.79 Å². The van der Waals surface area contributed by atoms with E-state index in [0.717, 1.165) is 16.7 Å². The normalized spacial score (nSPS) is 10.8. The number of carbonyl (C=O) groups excluding carboxylic acids is 1. The molecule has 4 heteroatoms. The van der Waals surface area contributed by atoms with Gasteiger partial charge in [-0.1, -0.05) is 41.9 Å². The Morgan fingerprint density at radius 3 is 2.32 bits per heavy atom. The summed E-state index contributed by atoms with van der Waals surface area (Å²) >= 11 is 5.87. The molecule has 2 aromatic rings. The molecule has 0 saturated carbocycles. The number of primary amides is 1. The number of hydrogen-bond donors (Lipinski definition) is 2. The minimum atomic E-state index is -0.477. The van der Waals surface area contributed by atoms with Crippen LogP contribution in [-0.4, -0.2) is 11.0 Å². The molecule has 19 heavy (non-hydrogen) atoms. The number of halogens is 1. The highest BCUT2D eigenvalue weighted by atomic mass is 35.5. The minimum Gasteiger partial charge on any atom is -0.506 e. The molecular weight excluding hydrogens is 262 g/mol. The Morgan fingerprint density at radius 2 is 1.74 bits per heavy atom. The predicted octanol–water partition coefficient (Wildman–Crippen LogP) is 3.21. The van der Waals surface area contributed by atoms with Gasteiger partial charge in [0.25, 0.3) is 0 Å². The van der Waals surface area contributed by atoms with Crippen LogP contribution in [0.15, 0.2) is 48.5 Å². The van der Waals surface area contributed by atoms with Crippen LogP contribution in [-0.2, 0) is 4.79 Å². The first-order valence-corrected chi connectivity index (χ1v) is 6.00. The number of carbonyl (C=O) groups is 1. The zero-order valence-corrected chi connectivity index (χ0v) is 10.8. The van der Waals surface area contributed by atoms with Gasteiger partial charge in [-0.15, -0.1) is 0 Å². The molecular formula is C15H12ClNO2. The molecule has 0 heterocycles. The summed E-state index contributed by atoms with van der Waals surface area (Å²) in [7, 11) is 0. The van der Waals surface area contributed by atoms with Crippen molar-refractivity contribution in [1.82, 2.24) is 0 Å². The van der Waals surface area contributed by atoms with Gasteiger partial charge in [-0.2, -0.15) is 0 Å². The van der Waals surface area contributed by atoms with Gasteiger partial charge in [-0.25, -0.2) is 0 Å². The summed E-state index contributed by atoms with van der Waals surface area (Å²) in [6.07, 6.45) is 2.96. The van der Waals surface area contributed by atoms with Crippen LogP contribution >= 0.6 is 11.6 Å². The van der Waals surface area contributed by atoms with Crippen molar-refractivity contribution in [1.29, 1.82) is 0 Å². The van der Waals surface area contributed by atoms with E-state index in [4.69, 9.17) is 17.3 Å². The molecule has 0 aliphatic rings. The van der Waals surface area contributed by atoms with Crippen molar-refractivity contribution in [2.24, 2.45) is 5.73 Å². The van der Waals surface area contributed by atoms with Crippen LogP contribution in [0.25, 0.3) is 17.2 Å². The van der Waals surface area contributed by atoms with Gasteiger partial charge >= 0.3 is 0 Å². The molecule has 0 unspecified atom stereocenters. The summed E-state index contributed by atoms with van der Waals surface area (Å²) in [6, 6.07) is 12.6. The first-order chi connectivity index (χ1) is 9.06. The van der Waals surface area contributed by atoms with Gasteiger partial charge in [0.05, 0.1) is 5.02 Å². The fourth-order valence-corrected chi connectivity index (χ4v) is 1.83. The lowest BCUT2D eigenvalue weighted by Crippen LogP contribution is -2.04. The lowest BCUT2D eigenvalue weighted by Gasteiger charge is -2.04. The molecule has 2 rings (SSSR count). The van der Waals surface area contributed by atoms with Gasteiger partial charge in [0, 0.05) is 6.08 Å². The Bertz CT molecular complexity index is 633. The van der Waals surface area contributed by atoms with Crippen LogP contribution in [0.2, 0.25) is 5.02 Å². The summed E-state index contributed by atoms with van der Waals surface area (Å²) in [5, 5.41) is 9.69. The van der Waals surface area contributed by atoms with Crippen LogP contribution in [0.1, 0.15) is 5.56 Å². The van der Waals surface area contributed by atoms with E-state index >= 15 is 0 Å². The summed E-state index contributed by atoms with van der Waals surface area (Å²) in [5.74, 6) is -0.416. The third kappa shape index (κ3) is 3.36. The van der Waals surface area contributed by atoms with Crippen molar-refractivity contribution in [3.05, 3.63) is 59.1 Å². The van der Waals surface area contributed by atoms with E-state index in [1.54, 1.807) is 24.3 Å². The number of phenols is 1. The average Bonchev–Trinajstić information content (AvgIpc) is 2.40. The second-order valence-electron chi connectivity index (χ2n) is 4.02. The zero-order chi connectivity index (χ0) is 13.8. The lowest BCUT2D eigenvalue weighted by molar-refractivity contribution is -0.113. The SMILES string of the molecule is NC(=O)/C=C/c1ccc(-c2ccc(O)c(Cl)c2)cc1. The Labute approximate surface area is 115 Å².